The molecule has 0 aliphatic rings. The lowest BCUT2D eigenvalue weighted by molar-refractivity contribution is -0.136. The number of primary amides is 3. The lowest BCUT2D eigenvalue weighted by Gasteiger charge is -2.32. The summed E-state index contributed by atoms with van der Waals surface area (Å²) >= 11 is 0. The van der Waals surface area contributed by atoms with Crippen molar-refractivity contribution in [1.29, 1.82) is 0 Å². The molecule has 9 atom stereocenters. The molecule has 0 bridgehead atoms. The normalized spacial score (nSPS) is 16.1. The Hall–Kier alpha value is -4.85. The molecular weight excluding hydrogens is 746 g/mol. The van der Waals surface area contributed by atoms with Crippen molar-refractivity contribution < 1.29 is 53.4 Å². The van der Waals surface area contributed by atoms with E-state index in [2.05, 4.69) is 31.9 Å². The summed E-state index contributed by atoms with van der Waals surface area (Å²) in [5.74, 6) is -9.33. The van der Waals surface area contributed by atoms with Gasteiger partial charge in [0.2, 0.25) is 53.2 Å². The molecule has 0 fully saturated rings. The van der Waals surface area contributed by atoms with Crippen LogP contribution in [0.4, 0.5) is 0 Å². The average Bonchev–Trinajstić information content (AvgIpc) is 3.09. The van der Waals surface area contributed by atoms with E-state index in [0.717, 1.165) is 6.92 Å². The fourth-order valence-corrected chi connectivity index (χ4v) is 5.93. The predicted molar refractivity (Wildman–Crippen MR) is 208 cm³/mol. The van der Waals surface area contributed by atoms with Gasteiger partial charge in [0.05, 0.1) is 25.2 Å². The molecule has 20 heteroatoms. The number of carbonyl (C=O) groups is 9. The molecule has 9 amide bonds. The number of hydrogen-bond acceptors (Lipinski definition) is 11. The summed E-state index contributed by atoms with van der Waals surface area (Å²) < 4.78 is 0. The molecule has 1 unspecified atom stereocenters. The monoisotopic (exact) mass is 813 g/mol. The molecule has 57 heavy (non-hydrogen) atoms. The molecule has 0 spiro atoms. The van der Waals surface area contributed by atoms with Crippen LogP contribution < -0.4 is 49.1 Å². The fourth-order valence-electron chi connectivity index (χ4n) is 5.93. The Morgan fingerprint density at radius 3 is 1.56 bits per heavy atom. The van der Waals surface area contributed by atoms with E-state index in [1.54, 1.807) is 34.6 Å². The number of hydrogen-bond donors (Lipinski definition) is 11. The van der Waals surface area contributed by atoms with Gasteiger partial charge in [-0.25, -0.2) is 0 Å². The van der Waals surface area contributed by atoms with Crippen LogP contribution in [-0.4, -0.2) is 112 Å². The summed E-state index contributed by atoms with van der Waals surface area (Å²) in [7, 11) is 0. The quantitative estimate of drug-likeness (QED) is 0.0406. The molecule has 0 saturated heterocycles. The molecule has 0 aromatic rings. The zero-order valence-corrected chi connectivity index (χ0v) is 34.7. The highest BCUT2D eigenvalue weighted by molar-refractivity contribution is 5.96. The van der Waals surface area contributed by atoms with Crippen LogP contribution in [0.25, 0.3) is 0 Å². The van der Waals surface area contributed by atoms with Crippen LogP contribution in [-0.2, 0) is 43.2 Å². The Kier molecular flexibility index (Phi) is 23.2. The first-order valence-corrected chi connectivity index (χ1v) is 19.3. The maximum absolute atomic E-state index is 13.7. The highest BCUT2D eigenvalue weighted by Gasteiger charge is 2.37. The molecule has 326 valence electrons. The lowest BCUT2D eigenvalue weighted by atomic mass is 9.85. The van der Waals surface area contributed by atoms with E-state index >= 15 is 0 Å². The first-order valence-electron chi connectivity index (χ1n) is 19.3. The van der Waals surface area contributed by atoms with Gasteiger partial charge < -0.3 is 59.3 Å². The lowest BCUT2D eigenvalue weighted by Crippen LogP contribution is -2.59. The molecule has 0 aromatic heterocycles. The Labute approximate surface area is 334 Å². The van der Waals surface area contributed by atoms with Gasteiger partial charge in [-0.1, -0.05) is 61.8 Å². The van der Waals surface area contributed by atoms with Crippen LogP contribution >= 0.6 is 0 Å². The average molecular weight is 814 g/mol. The molecule has 0 aliphatic heterocycles. The Morgan fingerprint density at radius 2 is 1.12 bits per heavy atom. The van der Waals surface area contributed by atoms with E-state index in [4.69, 9.17) is 17.2 Å². The molecule has 0 heterocycles. The minimum absolute atomic E-state index is 0.116. The van der Waals surface area contributed by atoms with Gasteiger partial charge in [-0.2, -0.15) is 0 Å². The summed E-state index contributed by atoms with van der Waals surface area (Å²) in [4.78, 5) is 114. The van der Waals surface area contributed by atoms with E-state index in [-0.39, 0.29) is 37.0 Å². The van der Waals surface area contributed by atoms with Crippen molar-refractivity contribution in [3.63, 3.8) is 0 Å². The van der Waals surface area contributed by atoms with Gasteiger partial charge in [-0.15, -0.1) is 0 Å². The van der Waals surface area contributed by atoms with Gasteiger partial charge in [0.15, 0.2) is 0 Å². The number of nitrogens with one attached hydrogen (secondary N) is 6. The van der Waals surface area contributed by atoms with E-state index in [9.17, 15) is 53.4 Å². The second kappa shape index (κ2) is 25.4. The van der Waals surface area contributed by atoms with Crippen molar-refractivity contribution in [3.8, 4) is 0 Å². The molecule has 20 nitrogen and oxygen atoms in total. The smallest absolute Gasteiger partial charge is 0.245 e. The van der Waals surface area contributed by atoms with Crippen LogP contribution in [0.15, 0.2) is 0 Å². The Bertz CT molecular complexity index is 1410. The van der Waals surface area contributed by atoms with E-state index in [1.165, 1.54) is 0 Å². The number of aliphatic hydroxyl groups excluding tert-OH is 2. The van der Waals surface area contributed by atoms with Crippen molar-refractivity contribution in [2.75, 3.05) is 6.61 Å². The van der Waals surface area contributed by atoms with Crippen molar-refractivity contribution in [3.05, 3.63) is 0 Å². The van der Waals surface area contributed by atoms with Crippen LogP contribution in [0.5, 0.6) is 0 Å². The van der Waals surface area contributed by atoms with Gasteiger partial charge in [0, 0.05) is 19.3 Å². The van der Waals surface area contributed by atoms with Crippen LogP contribution in [0.3, 0.4) is 0 Å². The molecular formula is C37H67N9O11. The summed E-state index contributed by atoms with van der Waals surface area (Å²) in [5.41, 5.74) is 16.2. The molecule has 0 radical (unpaired) electrons. The maximum atomic E-state index is 13.7. The van der Waals surface area contributed by atoms with Gasteiger partial charge in [-0.3, -0.25) is 43.2 Å². The second-order valence-corrected chi connectivity index (χ2v) is 15.6. The fraction of sp³-hybridized carbons (Fsp3) is 0.757. The third kappa shape index (κ3) is 19.2. The third-order valence-electron chi connectivity index (χ3n) is 9.45. The number of aliphatic hydroxyl groups is 2. The van der Waals surface area contributed by atoms with Crippen molar-refractivity contribution >= 4 is 53.2 Å². The second-order valence-electron chi connectivity index (χ2n) is 15.6. The molecule has 14 N–H and O–H groups in total. The maximum Gasteiger partial charge on any atom is 0.245 e. The number of nitrogens with two attached hydrogens (primary N) is 3. The van der Waals surface area contributed by atoms with Crippen molar-refractivity contribution in [1.82, 2.24) is 31.9 Å². The number of carbonyl (C=O) groups excluding carboxylic acids is 9. The molecule has 0 aromatic carbocycles. The topological polar surface area (TPSA) is 344 Å². The van der Waals surface area contributed by atoms with Gasteiger partial charge in [-0.05, 0) is 42.9 Å². The SMILES string of the molecule is CCC(C)[C@H](NC(=O)[C@@H](NC(=O)[C@H](C[C@H](O)[C@H](CC(C)C)NC(=O)[C@H](CC(N)=O)NC(=O)[C@H](CCC(N)=O)NC(=O)[C@H](CO)NC(C)=O)C(C)C)C(C)C)C(N)=O. The van der Waals surface area contributed by atoms with Gasteiger partial charge in [0.25, 0.3) is 0 Å². The molecule has 0 aliphatic carbocycles. The van der Waals surface area contributed by atoms with E-state index in [1.807, 2.05) is 20.8 Å². The summed E-state index contributed by atoms with van der Waals surface area (Å²) in [6, 6.07) is -7.65. The van der Waals surface area contributed by atoms with Crippen LogP contribution in [0.1, 0.15) is 101 Å². The molecule has 0 rings (SSSR count). The zero-order chi connectivity index (χ0) is 44.3. The number of amides is 9. The summed E-state index contributed by atoms with van der Waals surface area (Å²) in [6.45, 7) is 14.4. The van der Waals surface area contributed by atoms with E-state index < -0.39 is 127 Å². The predicted octanol–water partition coefficient (Wildman–Crippen LogP) is -2.70. The molecule has 0 saturated carbocycles. The number of rotatable bonds is 27. The van der Waals surface area contributed by atoms with E-state index in [0.29, 0.717) is 6.42 Å². The minimum atomic E-state index is -1.64. The first-order chi connectivity index (χ1) is 26.4. The third-order valence-corrected chi connectivity index (χ3v) is 9.45. The standard InChI is InChI=1S/C37H67N9O11/c1-10-20(8)31(32(40)52)46-37(57)30(19(6)7)45-33(53)22(18(4)5)14-27(49)24(13-17(2)3)43-35(55)25(15-29(39)51)44-34(54)23(11-12-28(38)50)42-36(56)26(16-47)41-21(9)48/h17-20,22-27,30-31,47,49H,10-16H2,1-9H3,(H2,38,50)(H2,39,51)(H2,40,52)(H,41,48)(H,42,56)(H,43,55)(H,44,54)(H,45,53)(H,46,57)/t20?,22-,23+,24+,25+,26+,27+,30+,31+/m1/s1. The Morgan fingerprint density at radius 1 is 0.596 bits per heavy atom. The van der Waals surface area contributed by atoms with Crippen molar-refractivity contribution in [2.24, 2.45) is 46.8 Å². The van der Waals surface area contributed by atoms with Gasteiger partial charge >= 0.3 is 0 Å². The summed E-state index contributed by atoms with van der Waals surface area (Å²) in [5, 5.41) is 36.0. The highest BCUT2D eigenvalue weighted by atomic mass is 16.3. The van der Waals surface area contributed by atoms with Crippen LogP contribution in [0, 0.1) is 29.6 Å². The minimum Gasteiger partial charge on any atom is -0.394 e. The van der Waals surface area contributed by atoms with Crippen LogP contribution in [0.2, 0.25) is 0 Å². The summed E-state index contributed by atoms with van der Waals surface area (Å²) in [6.07, 6.45) is -2.26. The Balaban J connectivity index is 6.33. The van der Waals surface area contributed by atoms with Gasteiger partial charge in [0.1, 0.15) is 30.2 Å². The largest absolute Gasteiger partial charge is 0.394 e. The zero-order valence-electron chi connectivity index (χ0n) is 34.7. The highest BCUT2D eigenvalue weighted by Crippen LogP contribution is 2.23. The first kappa shape index (κ1) is 52.2. The van der Waals surface area contributed by atoms with Crippen molar-refractivity contribution in [2.45, 2.75) is 143 Å².